The lowest BCUT2D eigenvalue weighted by Crippen LogP contribution is -2.43. The molecular weight excluding hydrogens is 188 g/mol. The predicted octanol–water partition coefficient (Wildman–Crippen LogP) is 2.40. The molecule has 15 heavy (non-hydrogen) atoms. The fourth-order valence-corrected chi connectivity index (χ4v) is 0.967. The number of carbonyl (C=O) groups excluding carboxylic acids is 1. The van der Waals surface area contributed by atoms with Gasteiger partial charge in [-0.1, -0.05) is 19.1 Å². The maximum Gasteiger partial charge on any atom is 0.229 e. The molecule has 0 aromatic carbocycles. The van der Waals surface area contributed by atoms with Gasteiger partial charge in [-0.05, 0) is 27.2 Å². The third-order valence-electron chi connectivity index (χ3n) is 2.80. The summed E-state index contributed by atoms with van der Waals surface area (Å²) in [5, 5.41) is 11.4. The minimum absolute atomic E-state index is 0.0545. The molecule has 0 fully saturated rings. The molecule has 0 aromatic heterocycles. The van der Waals surface area contributed by atoms with Crippen LogP contribution in [0, 0.1) is 16.7 Å². The van der Waals surface area contributed by atoms with Crippen LogP contribution in [0.4, 0.5) is 0 Å². The Bertz CT molecular complexity index is 286. The highest BCUT2D eigenvalue weighted by Crippen LogP contribution is 2.24. The Labute approximate surface area is 92.2 Å². The molecule has 84 valence electrons. The molecule has 0 radical (unpaired) electrons. The van der Waals surface area contributed by atoms with Gasteiger partial charge >= 0.3 is 0 Å². The van der Waals surface area contributed by atoms with E-state index >= 15 is 0 Å². The van der Waals surface area contributed by atoms with Crippen LogP contribution in [0.15, 0.2) is 12.2 Å². The Hall–Kier alpha value is -1.30. The number of hydrogen-bond acceptors (Lipinski definition) is 2. The van der Waals surface area contributed by atoms with Gasteiger partial charge < -0.3 is 5.32 Å². The first kappa shape index (κ1) is 13.7. The lowest BCUT2D eigenvalue weighted by atomic mass is 9.85. The minimum atomic E-state index is -0.567. The first-order valence-electron chi connectivity index (χ1n) is 5.20. The second-order valence-electron chi connectivity index (χ2n) is 4.35. The van der Waals surface area contributed by atoms with Crippen LogP contribution in [-0.2, 0) is 4.79 Å². The van der Waals surface area contributed by atoms with Crippen molar-refractivity contribution >= 4 is 5.91 Å². The Balaban J connectivity index is 4.48. The summed E-state index contributed by atoms with van der Waals surface area (Å²) in [5.41, 5.74) is 0.259. The molecule has 0 aliphatic rings. The van der Waals surface area contributed by atoms with Gasteiger partial charge in [0.15, 0.2) is 0 Å². The smallest absolute Gasteiger partial charge is 0.229 e. The fraction of sp³-hybridized carbons (Fsp3) is 0.667. The van der Waals surface area contributed by atoms with E-state index in [4.69, 9.17) is 5.26 Å². The molecule has 0 bridgehead atoms. The number of nitrogens with one attached hydrogen (secondary N) is 1. The topological polar surface area (TPSA) is 52.9 Å². The molecule has 1 N–H and O–H groups in total. The zero-order chi connectivity index (χ0) is 12.1. The van der Waals surface area contributed by atoms with Gasteiger partial charge in [0.2, 0.25) is 5.91 Å². The van der Waals surface area contributed by atoms with Crippen LogP contribution in [0.25, 0.3) is 0 Å². The highest BCUT2D eigenvalue weighted by Gasteiger charge is 2.29. The third kappa shape index (κ3) is 3.75. The van der Waals surface area contributed by atoms with Crippen LogP contribution in [0.3, 0.4) is 0 Å². The Morgan fingerprint density at radius 2 is 2.13 bits per heavy atom. The largest absolute Gasteiger partial charge is 0.352 e. The average Bonchev–Trinajstić information content (AvgIpc) is 2.16. The van der Waals surface area contributed by atoms with Crippen molar-refractivity contribution in [1.29, 1.82) is 5.26 Å². The summed E-state index contributed by atoms with van der Waals surface area (Å²) in [6.07, 6.45) is 1.13. The SMILES string of the molecule is C=C(C)C(C)(C)C(=O)NC(CC)CC#N. The molecule has 3 nitrogen and oxygen atoms in total. The van der Waals surface area contributed by atoms with E-state index in [-0.39, 0.29) is 11.9 Å². The van der Waals surface area contributed by atoms with Crippen LogP contribution in [0.1, 0.15) is 40.5 Å². The van der Waals surface area contributed by atoms with Gasteiger partial charge in [-0.15, -0.1) is 0 Å². The molecule has 0 aliphatic heterocycles. The van der Waals surface area contributed by atoms with Crippen LogP contribution in [0.5, 0.6) is 0 Å². The molecule has 0 spiro atoms. The van der Waals surface area contributed by atoms with E-state index in [1.165, 1.54) is 0 Å². The first-order chi connectivity index (χ1) is 6.86. The van der Waals surface area contributed by atoms with Crippen molar-refractivity contribution in [3.05, 3.63) is 12.2 Å². The number of rotatable bonds is 5. The first-order valence-corrected chi connectivity index (χ1v) is 5.20. The summed E-state index contributed by atoms with van der Waals surface area (Å²) in [7, 11) is 0. The summed E-state index contributed by atoms with van der Waals surface area (Å²) >= 11 is 0. The second-order valence-corrected chi connectivity index (χ2v) is 4.35. The van der Waals surface area contributed by atoms with Crippen LogP contribution >= 0.6 is 0 Å². The van der Waals surface area contributed by atoms with Gasteiger partial charge in [-0.3, -0.25) is 4.79 Å². The molecule has 0 saturated heterocycles. The zero-order valence-corrected chi connectivity index (χ0v) is 10.1. The van der Waals surface area contributed by atoms with E-state index < -0.39 is 5.41 Å². The molecule has 0 heterocycles. The predicted molar refractivity (Wildman–Crippen MR) is 61.0 cm³/mol. The number of nitriles is 1. The Morgan fingerprint density at radius 1 is 1.60 bits per heavy atom. The van der Waals surface area contributed by atoms with Crippen molar-refractivity contribution in [3.63, 3.8) is 0 Å². The van der Waals surface area contributed by atoms with Crippen LogP contribution in [-0.4, -0.2) is 11.9 Å². The van der Waals surface area contributed by atoms with Crippen molar-refractivity contribution in [2.24, 2.45) is 5.41 Å². The number of hydrogen-bond donors (Lipinski definition) is 1. The van der Waals surface area contributed by atoms with E-state index in [9.17, 15) is 4.79 Å². The summed E-state index contributed by atoms with van der Waals surface area (Å²) in [6, 6.07) is 2.01. The van der Waals surface area contributed by atoms with Gasteiger partial charge in [0.05, 0.1) is 17.9 Å². The van der Waals surface area contributed by atoms with Gasteiger partial charge in [0, 0.05) is 6.04 Å². The van der Waals surface area contributed by atoms with Gasteiger partial charge in [-0.2, -0.15) is 5.26 Å². The van der Waals surface area contributed by atoms with E-state index in [0.29, 0.717) is 6.42 Å². The van der Waals surface area contributed by atoms with Gasteiger partial charge in [-0.25, -0.2) is 0 Å². The van der Waals surface area contributed by atoms with Gasteiger partial charge in [0.1, 0.15) is 0 Å². The van der Waals surface area contributed by atoms with Crippen molar-refractivity contribution in [2.45, 2.75) is 46.6 Å². The van der Waals surface area contributed by atoms with Crippen molar-refractivity contribution in [1.82, 2.24) is 5.32 Å². The number of nitrogens with zero attached hydrogens (tertiary/aromatic N) is 1. The minimum Gasteiger partial charge on any atom is -0.352 e. The Kier molecular flexibility index (Phi) is 5.07. The van der Waals surface area contributed by atoms with E-state index in [1.54, 1.807) is 0 Å². The molecule has 1 atom stereocenters. The molecule has 0 aliphatic carbocycles. The second kappa shape index (κ2) is 5.55. The number of carbonyl (C=O) groups is 1. The summed E-state index contributed by atoms with van der Waals surface area (Å²) in [5.74, 6) is -0.0582. The zero-order valence-electron chi connectivity index (χ0n) is 10.1. The van der Waals surface area contributed by atoms with Crippen molar-refractivity contribution in [2.75, 3.05) is 0 Å². The third-order valence-corrected chi connectivity index (χ3v) is 2.80. The summed E-state index contributed by atoms with van der Waals surface area (Å²) < 4.78 is 0. The summed E-state index contributed by atoms with van der Waals surface area (Å²) in [4.78, 5) is 11.9. The fourth-order valence-electron chi connectivity index (χ4n) is 0.967. The molecule has 1 unspecified atom stereocenters. The van der Waals surface area contributed by atoms with Crippen LogP contribution < -0.4 is 5.32 Å². The lowest BCUT2D eigenvalue weighted by Gasteiger charge is -2.26. The Morgan fingerprint density at radius 3 is 2.47 bits per heavy atom. The highest BCUT2D eigenvalue weighted by atomic mass is 16.2. The summed E-state index contributed by atoms with van der Waals surface area (Å²) in [6.45, 7) is 11.3. The highest BCUT2D eigenvalue weighted by molar-refractivity contribution is 5.84. The molecule has 0 aromatic rings. The maximum atomic E-state index is 11.9. The van der Waals surface area contributed by atoms with Crippen molar-refractivity contribution < 1.29 is 4.79 Å². The van der Waals surface area contributed by atoms with E-state index in [2.05, 4.69) is 18.0 Å². The maximum absolute atomic E-state index is 11.9. The van der Waals surface area contributed by atoms with E-state index in [0.717, 1.165) is 12.0 Å². The quantitative estimate of drug-likeness (QED) is 0.705. The molecule has 0 rings (SSSR count). The lowest BCUT2D eigenvalue weighted by molar-refractivity contribution is -0.128. The average molecular weight is 208 g/mol. The molecule has 0 saturated carbocycles. The molecule has 3 heteroatoms. The molecular formula is C12H20N2O. The van der Waals surface area contributed by atoms with E-state index in [1.807, 2.05) is 27.7 Å². The standard InChI is InChI=1S/C12H20N2O/c1-6-10(7-8-13)14-11(15)12(4,5)9(2)3/h10H,2,6-7H2,1,3-5H3,(H,14,15). The van der Waals surface area contributed by atoms with Crippen LogP contribution in [0.2, 0.25) is 0 Å². The van der Waals surface area contributed by atoms with Crippen molar-refractivity contribution in [3.8, 4) is 6.07 Å². The van der Waals surface area contributed by atoms with Gasteiger partial charge in [0.25, 0.3) is 0 Å². The normalized spacial score (nSPS) is 12.7. The molecule has 1 amide bonds. The monoisotopic (exact) mass is 208 g/mol. The number of amides is 1.